The molecule has 1 N–H and O–H groups in total. The van der Waals surface area contributed by atoms with Gasteiger partial charge in [-0.25, -0.2) is 0 Å². The molecular formula is C16H19NO. The monoisotopic (exact) mass is 241 g/mol. The Morgan fingerprint density at radius 1 is 1.06 bits per heavy atom. The first kappa shape index (κ1) is 12.7. The zero-order valence-electron chi connectivity index (χ0n) is 11.2. The van der Waals surface area contributed by atoms with Gasteiger partial charge in [-0.05, 0) is 54.4 Å². The van der Waals surface area contributed by atoms with E-state index in [9.17, 15) is 0 Å². The molecular weight excluding hydrogens is 222 g/mol. The maximum Gasteiger partial charge on any atom is 0.121 e. The molecule has 2 aromatic carbocycles. The van der Waals surface area contributed by atoms with Crippen molar-refractivity contribution in [3.63, 3.8) is 0 Å². The largest absolute Gasteiger partial charge is 0.496 e. The summed E-state index contributed by atoms with van der Waals surface area (Å²) < 4.78 is 5.29. The number of benzene rings is 2. The van der Waals surface area contributed by atoms with Gasteiger partial charge in [-0.15, -0.1) is 0 Å². The van der Waals surface area contributed by atoms with Gasteiger partial charge in [0.05, 0.1) is 7.11 Å². The van der Waals surface area contributed by atoms with E-state index >= 15 is 0 Å². The second-order valence-corrected chi connectivity index (χ2v) is 4.42. The van der Waals surface area contributed by atoms with Gasteiger partial charge in [-0.2, -0.15) is 0 Å². The Bertz CT molecular complexity index is 534. The maximum absolute atomic E-state index is 5.29. The van der Waals surface area contributed by atoms with Crippen LogP contribution < -0.4 is 10.1 Å². The molecule has 0 saturated carbocycles. The first-order valence-corrected chi connectivity index (χ1v) is 6.13. The third-order valence-electron chi connectivity index (χ3n) is 3.04. The minimum absolute atomic E-state index is 0.892. The van der Waals surface area contributed by atoms with Crippen LogP contribution in [0.2, 0.25) is 0 Å². The molecule has 0 atom stereocenters. The van der Waals surface area contributed by atoms with Gasteiger partial charge in [-0.3, -0.25) is 0 Å². The standard InChI is InChI=1S/C16H19NO/c1-12-9-15(7-8-16(12)18-3)14-6-4-5-13(10-14)11-17-2/h4-10,17H,11H2,1-3H3. The number of methoxy groups -OCH3 is 1. The Labute approximate surface area is 109 Å². The average molecular weight is 241 g/mol. The normalized spacial score (nSPS) is 10.4. The van der Waals surface area contributed by atoms with Crippen molar-refractivity contribution in [3.05, 3.63) is 53.6 Å². The van der Waals surface area contributed by atoms with Gasteiger partial charge in [0, 0.05) is 6.54 Å². The smallest absolute Gasteiger partial charge is 0.121 e. The van der Waals surface area contributed by atoms with Crippen LogP contribution >= 0.6 is 0 Å². The summed E-state index contributed by atoms with van der Waals surface area (Å²) in [6.07, 6.45) is 0. The lowest BCUT2D eigenvalue weighted by Crippen LogP contribution is -2.04. The van der Waals surface area contributed by atoms with Gasteiger partial charge < -0.3 is 10.1 Å². The van der Waals surface area contributed by atoms with Gasteiger partial charge in [-0.1, -0.05) is 24.3 Å². The lowest BCUT2D eigenvalue weighted by atomic mass is 10.0. The molecule has 2 aromatic rings. The Balaban J connectivity index is 2.36. The molecule has 0 heterocycles. The predicted octanol–water partition coefficient (Wildman–Crippen LogP) is 3.39. The summed E-state index contributed by atoms with van der Waals surface area (Å²) in [7, 11) is 3.67. The molecule has 2 rings (SSSR count). The van der Waals surface area contributed by atoms with E-state index in [0.29, 0.717) is 0 Å². The van der Waals surface area contributed by atoms with Gasteiger partial charge in [0.2, 0.25) is 0 Å². The number of nitrogens with one attached hydrogen (secondary N) is 1. The minimum atomic E-state index is 0.892. The number of hydrogen-bond acceptors (Lipinski definition) is 2. The molecule has 0 bridgehead atoms. The van der Waals surface area contributed by atoms with E-state index in [2.05, 4.69) is 48.6 Å². The summed E-state index contributed by atoms with van der Waals surface area (Å²) in [5.74, 6) is 0.935. The molecule has 0 amide bonds. The number of rotatable bonds is 4. The van der Waals surface area contributed by atoms with Crippen molar-refractivity contribution in [3.8, 4) is 16.9 Å². The van der Waals surface area contributed by atoms with E-state index in [1.54, 1.807) is 7.11 Å². The van der Waals surface area contributed by atoms with Crippen LogP contribution in [0.15, 0.2) is 42.5 Å². The number of hydrogen-bond donors (Lipinski definition) is 1. The number of ether oxygens (including phenoxy) is 1. The molecule has 18 heavy (non-hydrogen) atoms. The second-order valence-electron chi connectivity index (χ2n) is 4.42. The van der Waals surface area contributed by atoms with E-state index in [4.69, 9.17) is 4.74 Å². The van der Waals surface area contributed by atoms with Crippen LogP contribution in [0.4, 0.5) is 0 Å². The third-order valence-corrected chi connectivity index (χ3v) is 3.04. The lowest BCUT2D eigenvalue weighted by molar-refractivity contribution is 0.412. The van der Waals surface area contributed by atoms with Gasteiger partial charge >= 0.3 is 0 Å². The Morgan fingerprint density at radius 2 is 1.83 bits per heavy atom. The topological polar surface area (TPSA) is 21.3 Å². The first-order chi connectivity index (χ1) is 8.74. The summed E-state index contributed by atoms with van der Waals surface area (Å²) >= 11 is 0. The fourth-order valence-electron chi connectivity index (χ4n) is 2.12. The average Bonchev–Trinajstić information content (AvgIpc) is 2.39. The summed E-state index contributed by atoms with van der Waals surface area (Å²) in [5.41, 5.74) is 4.93. The fourth-order valence-corrected chi connectivity index (χ4v) is 2.12. The summed E-state index contributed by atoms with van der Waals surface area (Å²) in [6.45, 7) is 2.96. The minimum Gasteiger partial charge on any atom is -0.496 e. The highest BCUT2D eigenvalue weighted by molar-refractivity contribution is 5.66. The quantitative estimate of drug-likeness (QED) is 0.886. The molecule has 94 valence electrons. The highest BCUT2D eigenvalue weighted by Gasteiger charge is 2.03. The zero-order chi connectivity index (χ0) is 13.0. The van der Waals surface area contributed by atoms with Crippen molar-refractivity contribution in [1.29, 1.82) is 0 Å². The van der Waals surface area contributed by atoms with Crippen LogP contribution in [0.25, 0.3) is 11.1 Å². The van der Waals surface area contributed by atoms with Crippen molar-refractivity contribution in [1.82, 2.24) is 5.32 Å². The first-order valence-electron chi connectivity index (χ1n) is 6.13. The molecule has 2 heteroatoms. The molecule has 0 spiro atoms. The van der Waals surface area contributed by atoms with E-state index in [0.717, 1.165) is 17.9 Å². The van der Waals surface area contributed by atoms with Crippen molar-refractivity contribution < 1.29 is 4.74 Å². The fraction of sp³-hybridized carbons (Fsp3) is 0.250. The molecule has 0 fully saturated rings. The highest BCUT2D eigenvalue weighted by Crippen LogP contribution is 2.26. The van der Waals surface area contributed by atoms with Gasteiger partial charge in [0.1, 0.15) is 5.75 Å². The Hall–Kier alpha value is -1.80. The summed E-state index contributed by atoms with van der Waals surface area (Å²) in [4.78, 5) is 0. The molecule has 0 aliphatic heterocycles. The van der Waals surface area contributed by atoms with Crippen LogP contribution in [-0.4, -0.2) is 14.2 Å². The molecule has 0 aliphatic carbocycles. The molecule has 0 unspecified atom stereocenters. The zero-order valence-corrected chi connectivity index (χ0v) is 11.2. The van der Waals surface area contributed by atoms with Crippen molar-refractivity contribution in [2.24, 2.45) is 0 Å². The lowest BCUT2D eigenvalue weighted by Gasteiger charge is -2.09. The molecule has 0 saturated heterocycles. The third kappa shape index (κ3) is 2.71. The van der Waals surface area contributed by atoms with E-state index in [1.807, 2.05) is 13.1 Å². The van der Waals surface area contributed by atoms with Crippen molar-refractivity contribution in [2.45, 2.75) is 13.5 Å². The van der Waals surface area contributed by atoms with E-state index in [-0.39, 0.29) is 0 Å². The second kappa shape index (κ2) is 5.69. The van der Waals surface area contributed by atoms with E-state index in [1.165, 1.54) is 16.7 Å². The molecule has 0 aliphatic rings. The Morgan fingerprint density at radius 3 is 2.50 bits per heavy atom. The van der Waals surface area contributed by atoms with Gasteiger partial charge in [0.25, 0.3) is 0 Å². The Kier molecular flexibility index (Phi) is 4.00. The van der Waals surface area contributed by atoms with Gasteiger partial charge in [0.15, 0.2) is 0 Å². The SMILES string of the molecule is CNCc1cccc(-c2ccc(OC)c(C)c2)c1. The molecule has 0 aromatic heterocycles. The number of aryl methyl sites for hydroxylation is 1. The summed E-state index contributed by atoms with van der Waals surface area (Å²) in [5, 5.41) is 3.17. The van der Waals surface area contributed by atoms with Crippen LogP contribution in [0, 0.1) is 6.92 Å². The summed E-state index contributed by atoms with van der Waals surface area (Å²) in [6, 6.07) is 14.9. The van der Waals surface area contributed by atoms with Crippen LogP contribution in [0.1, 0.15) is 11.1 Å². The van der Waals surface area contributed by atoms with Crippen molar-refractivity contribution >= 4 is 0 Å². The van der Waals surface area contributed by atoms with E-state index < -0.39 is 0 Å². The van der Waals surface area contributed by atoms with Crippen LogP contribution in [0.3, 0.4) is 0 Å². The predicted molar refractivity (Wildman–Crippen MR) is 75.9 cm³/mol. The molecule has 2 nitrogen and oxygen atoms in total. The highest BCUT2D eigenvalue weighted by atomic mass is 16.5. The molecule has 0 radical (unpaired) electrons. The van der Waals surface area contributed by atoms with Crippen LogP contribution in [0.5, 0.6) is 5.75 Å². The van der Waals surface area contributed by atoms with Crippen LogP contribution in [-0.2, 0) is 6.54 Å². The maximum atomic E-state index is 5.29. The van der Waals surface area contributed by atoms with Crippen molar-refractivity contribution in [2.75, 3.05) is 14.2 Å².